The Morgan fingerprint density at radius 2 is 1.41 bits per heavy atom. The van der Waals surface area contributed by atoms with Crippen LogP contribution in [0.3, 0.4) is 0 Å². The molecule has 0 heterocycles. The van der Waals surface area contributed by atoms with Crippen LogP contribution in [0.25, 0.3) is 0 Å². The van der Waals surface area contributed by atoms with Crippen molar-refractivity contribution in [2.75, 3.05) is 39.3 Å². The molecule has 0 aliphatic heterocycles. The Labute approximate surface area is 107 Å². The van der Waals surface area contributed by atoms with Crippen LogP contribution in [0.1, 0.15) is 41.0 Å². The van der Waals surface area contributed by atoms with E-state index in [-0.39, 0.29) is 5.41 Å². The Kier molecular flexibility index (Phi) is 8.44. The van der Waals surface area contributed by atoms with E-state index in [2.05, 4.69) is 30.6 Å². The van der Waals surface area contributed by atoms with Gasteiger partial charge in [0.05, 0.1) is 0 Å². The largest absolute Gasteiger partial charge is 0.304 e. The molecule has 0 bridgehead atoms. The Bertz CT molecular complexity index is 200. The predicted octanol–water partition coefficient (Wildman–Crippen LogP) is 2.27. The molecule has 0 unspecified atom stereocenters. The lowest BCUT2D eigenvalue weighted by atomic mass is 9.95. The van der Waals surface area contributed by atoms with E-state index in [0.717, 1.165) is 45.6 Å². The van der Waals surface area contributed by atoms with Gasteiger partial charge in [0.1, 0.15) is 6.29 Å². The molecule has 0 saturated heterocycles. The van der Waals surface area contributed by atoms with E-state index in [4.69, 9.17) is 0 Å². The summed E-state index contributed by atoms with van der Waals surface area (Å²) in [4.78, 5) is 15.7. The summed E-state index contributed by atoms with van der Waals surface area (Å²) in [5.74, 6) is 0. The zero-order chi connectivity index (χ0) is 13.3. The van der Waals surface area contributed by atoms with Gasteiger partial charge in [-0.25, -0.2) is 0 Å². The minimum absolute atomic E-state index is 0.217. The van der Waals surface area contributed by atoms with Crippen LogP contribution < -0.4 is 0 Å². The summed E-state index contributed by atoms with van der Waals surface area (Å²) in [5.41, 5.74) is -0.217. The van der Waals surface area contributed by atoms with Crippen molar-refractivity contribution in [3.63, 3.8) is 0 Å². The normalized spacial score (nSPS) is 12.4. The first kappa shape index (κ1) is 16.6. The maximum Gasteiger partial charge on any atom is 0.126 e. The monoisotopic (exact) mass is 242 g/mol. The van der Waals surface area contributed by atoms with Crippen molar-refractivity contribution < 1.29 is 4.79 Å². The van der Waals surface area contributed by atoms with Crippen LogP contribution in [-0.4, -0.2) is 55.4 Å². The van der Waals surface area contributed by atoms with E-state index in [0.29, 0.717) is 0 Å². The SMILES string of the molecule is CCN(CC)CCCN(CC)CC(C)(C)C=O. The topological polar surface area (TPSA) is 23.6 Å². The highest BCUT2D eigenvalue weighted by molar-refractivity contribution is 5.58. The Morgan fingerprint density at radius 1 is 0.941 bits per heavy atom. The van der Waals surface area contributed by atoms with Crippen LogP contribution >= 0.6 is 0 Å². The molecule has 0 aromatic carbocycles. The fourth-order valence-electron chi connectivity index (χ4n) is 2.02. The van der Waals surface area contributed by atoms with Crippen molar-refractivity contribution in [2.24, 2.45) is 5.41 Å². The zero-order valence-corrected chi connectivity index (χ0v) is 12.3. The van der Waals surface area contributed by atoms with Gasteiger partial charge >= 0.3 is 0 Å². The highest BCUT2D eigenvalue weighted by atomic mass is 16.1. The van der Waals surface area contributed by atoms with Gasteiger partial charge in [-0.05, 0) is 39.1 Å². The summed E-state index contributed by atoms with van der Waals surface area (Å²) >= 11 is 0. The third-order valence-corrected chi connectivity index (χ3v) is 3.24. The highest BCUT2D eigenvalue weighted by Gasteiger charge is 2.19. The van der Waals surface area contributed by atoms with Gasteiger partial charge in [-0.15, -0.1) is 0 Å². The first-order valence-electron chi connectivity index (χ1n) is 6.90. The molecule has 0 spiro atoms. The van der Waals surface area contributed by atoms with Gasteiger partial charge in [0, 0.05) is 12.0 Å². The van der Waals surface area contributed by atoms with Gasteiger partial charge in [0.2, 0.25) is 0 Å². The fourth-order valence-corrected chi connectivity index (χ4v) is 2.02. The molecule has 0 radical (unpaired) electrons. The average molecular weight is 242 g/mol. The molecule has 3 nitrogen and oxygen atoms in total. The smallest absolute Gasteiger partial charge is 0.126 e. The minimum Gasteiger partial charge on any atom is -0.304 e. The second kappa shape index (κ2) is 8.65. The highest BCUT2D eigenvalue weighted by Crippen LogP contribution is 2.13. The Hall–Kier alpha value is -0.410. The third kappa shape index (κ3) is 7.50. The summed E-state index contributed by atoms with van der Waals surface area (Å²) in [7, 11) is 0. The molecular formula is C14H30N2O. The van der Waals surface area contributed by atoms with Gasteiger partial charge in [0.25, 0.3) is 0 Å². The van der Waals surface area contributed by atoms with Crippen molar-refractivity contribution in [3.05, 3.63) is 0 Å². The summed E-state index contributed by atoms with van der Waals surface area (Å²) < 4.78 is 0. The molecule has 17 heavy (non-hydrogen) atoms. The van der Waals surface area contributed by atoms with Gasteiger partial charge in [-0.2, -0.15) is 0 Å². The van der Waals surface area contributed by atoms with E-state index in [1.54, 1.807) is 0 Å². The van der Waals surface area contributed by atoms with Gasteiger partial charge in [-0.1, -0.05) is 34.6 Å². The van der Waals surface area contributed by atoms with Gasteiger partial charge in [-0.3, -0.25) is 0 Å². The van der Waals surface area contributed by atoms with Crippen LogP contribution in [0.2, 0.25) is 0 Å². The molecule has 0 aromatic rings. The van der Waals surface area contributed by atoms with Crippen molar-refractivity contribution >= 4 is 6.29 Å². The van der Waals surface area contributed by atoms with Gasteiger partial charge < -0.3 is 14.6 Å². The molecular weight excluding hydrogens is 212 g/mol. The first-order valence-corrected chi connectivity index (χ1v) is 6.90. The summed E-state index contributed by atoms with van der Waals surface area (Å²) in [6.07, 6.45) is 2.25. The lowest BCUT2D eigenvalue weighted by Gasteiger charge is -2.28. The molecule has 0 N–H and O–H groups in total. The van der Waals surface area contributed by atoms with Crippen LogP contribution in [0.15, 0.2) is 0 Å². The van der Waals surface area contributed by atoms with E-state index in [1.165, 1.54) is 6.42 Å². The molecule has 0 rings (SSSR count). The standard InChI is InChI=1S/C14H30N2O/c1-6-15(7-2)10-9-11-16(8-3)12-14(4,5)13-17/h13H,6-12H2,1-5H3. The van der Waals surface area contributed by atoms with E-state index in [1.807, 2.05) is 13.8 Å². The zero-order valence-electron chi connectivity index (χ0n) is 12.3. The molecule has 0 saturated carbocycles. The quantitative estimate of drug-likeness (QED) is 0.549. The van der Waals surface area contributed by atoms with Crippen LogP contribution in [0.5, 0.6) is 0 Å². The Morgan fingerprint density at radius 3 is 1.82 bits per heavy atom. The maximum absolute atomic E-state index is 10.9. The molecule has 0 fully saturated rings. The van der Waals surface area contributed by atoms with E-state index in [9.17, 15) is 4.79 Å². The second-order valence-corrected chi connectivity index (χ2v) is 5.36. The third-order valence-electron chi connectivity index (χ3n) is 3.24. The molecule has 102 valence electrons. The Balaban J connectivity index is 3.94. The van der Waals surface area contributed by atoms with E-state index >= 15 is 0 Å². The fraction of sp³-hybridized carbons (Fsp3) is 0.929. The summed E-state index contributed by atoms with van der Waals surface area (Å²) in [5, 5.41) is 0. The molecule has 0 aromatic heterocycles. The van der Waals surface area contributed by atoms with Crippen molar-refractivity contribution in [2.45, 2.75) is 41.0 Å². The number of rotatable bonds is 10. The number of hydrogen-bond donors (Lipinski definition) is 0. The van der Waals surface area contributed by atoms with E-state index < -0.39 is 0 Å². The van der Waals surface area contributed by atoms with Gasteiger partial charge in [0.15, 0.2) is 0 Å². The number of hydrogen-bond acceptors (Lipinski definition) is 3. The maximum atomic E-state index is 10.9. The van der Waals surface area contributed by atoms with Crippen LogP contribution in [0.4, 0.5) is 0 Å². The molecule has 0 aliphatic rings. The molecule has 3 heteroatoms. The first-order chi connectivity index (χ1) is 7.99. The number of nitrogens with zero attached hydrogens (tertiary/aromatic N) is 2. The minimum atomic E-state index is -0.217. The number of carbonyl (C=O) groups is 1. The lowest BCUT2D eigenvalue weighted by molar-refractivity contribution is -0.115. The van der Waals surface area contributed by atoms with Crippen molar-refractivity contribution in [3.8, 4) is 0 Å². The molecule has 0 aliphatic carbocycles. The van der Waals surface area contributed by atoms with Crippen LogP contribution in [0, 0.1) is 5.41 Å². The average Bonchev–Trinajstić information content (AvgIpc) is 2.33. The predicted molar refractivity (Wildman–Crippen MR) is 74.4 cm³/mol. The van der Waals surface area contributed by atoms with Crippen molar-refractivity contribution in [1.82, 2.24) is 9.80 Å². The lowest BCUT2D eigenvalue weighted by Crippen LogP contribution is -2.37. The summed E-state index contributed by atoms with van der Waals surface area (Å²) in [6.45, 7) is 17.0. The number of aldehydes is 1. The molecule has 0 atom stereocenters. The second-order valence-electron chi connectivity index (χ2n) is 5.36. The summed E-state index contributed by atoms with van der Waals surface area (Å²) in [6, 6.07) is 0. The van der Waals surface area contributed by atoms with Crippen molar-refractivity contribution in [1.29, 1.82) is 0 Å². The van der Waals surface area contributed by atoms with Crippen LogP contribution in [-0.2, 0) is 4.79 Å². The number of carbonyl (C=O) groups excluding carboxylic acids is 1. The molecule has 0 amide bonds.